The highest BCUT2D eigenvalue weighted by atomic mass is 15.3. The molecule has 130 valence electrons. The van der Waals surface area contributed by atoms with Crippen LogP contribution in [0, 0.1) is 30.6 Å². The lowest BCUT2D eigenvalue weighted by molar-refractivity contribution is -1.03. The van der Waals surface area contributed by atoms with Gasteiger partial charge < -0.3 is 9.80 Å². The van der Waals surface area contributed by atoms with Crippen molar-refractivity contribution in [3.8, 4) is 0 Å². The Balaban J connectivity index is 1.21. The van der Waals surface area contributed by atoms with Gasteiger partial charge in [0.15, 0.2) is 0 Å². The molecule has 6 rings (SSSR count). The van der Waals surface area contributed by atoms with Gasteiger partial charge in [0.1, 0.15) is 32.7 Å². The zero-order valence-electron chi connectivity index (χ0n) is 15.3. The first-order chi connectivity index (χ1) is 11.8. The number of piperazine rings is 1. The van der Waals surface area contributed by atoms with Crippen LogP contribution in [0.15, 0.2) is 24.3 Å². The summed E-state index contributed by atoms with van der Waals surface area (Å²) in [6.45, 7) is 9.12. The smallest absolute Gasteiger partial charge is 0.127 e. The predicted molar refractivity (Wildman–Crippen MR) is 97.1 cm³/mol. The van der Waals surface area contributed by atoms with Gasteiger partial charge in [-0.05, 0) is 56.4 Å². The van der Waals surface area contributed by atoms with Crippen LogP contribution < -0.4 is 9.80 Å². The van der Waals surface area contributed by atoms with E-state index in [2.05, 4.69) is 31.2 Å². The van der Waals surface area contributed by atoms with Gasteiger partial charge in [-0.15, -0.1) is 0 Å². The van der Waals surface area contributed by atoms with Crippen LogP contribution in [0.3, 0.4) is 0 Å². The molecule has 4 aliphatic carbocycles. The Kier molecular flexibility index (Phi) is 3.94. The second-order valence-corrected chi connectivity index (χ2v) is 9.47. The summed E-state index contributed by atoms with van der Waals surface area (Å²) in [7, 11) is 0. The third kappa shape index (κ3) is 2.72. The fraction of sp³-hybridized carbons (Fsp3) is 0.727. The van der Waals surface area contributed by atoms with Gasteiger partial charge in [-0.25, -0.2) is 0 Å². The molecule has 0 aromatic heterocycles. The quantitative estimate of drug-likeness (QED) is 0.823. The molecule has 4 saturated carbocycles. The molecule has 0 atom stereocenters. The number of quaternary nitrogens is 2. The third-order valence-corrected chi connectivity index (χ3v) is 8.00. The van der Waals surface area contributed by atoms with Crippen molar-refractivity contribution in [2.75, 3.05) is 26.2 Å². The summed E-state index contributed by atoms with van der Waals surface area (Å²) in [6.07, 6.45) is 7.92. The molecule has 1 aromatic carbocycles. The first kappa shape index (κ1) is 15.4. The normalized spacial score (nSPS) is 44.0. The summed E-state index contributed by atoms with van der Waals surface area (Å²) in [5, 5.41) is 0. The van der Waals surface area contributed by atoms with Crippen LogP contribution in [0.1, 0.15) is 43.2 Å². The topological polar surface area (TPSA) is 8.88 Å². The Morgan fingerprint density at radius 3 is 2.08 bits per heavy atom. The van der Waals surface area contributed by atoms with Crippen molar-refractivity contribution in [2.24, 2.45) is 23.7 Å². The maximum atomic E-state index is 2.33. The number of hydrogen-bond donors (Lipinski definition) is 2. The molecule has 24 heavy (non-hydrogen) atoms. The highest BCUT2D eigenvalue weighted by molar-refractivity contribution is 5.24. The van der Waals surface area contributed by atoms with E-state index in [0.717, 1.165) is 29.7 Å². The third-order valence-electron chi connectivity index (χ3n) is 8.00. The van der Waals surface area contributed by atoms with Crippen LogP contribution in [0.2, 0.25) is 0 Å². The molecule has 0 unspecified atom stereocenters. The number of nitrogens with one attached hydrogen (secondary N) is 2. The molecule has 5 aliphatic rings. The van der Waals surface area contributed by atoms with Crippen molar-refractivity contribution in [3.63, 3.8) is 0 Å². The Morgan fingerprint density at radius 2 is 1.46 bits per heavy atom. The van der Waals surface area contributed by atoms with Crippen molar-refractivity contribution in [1.29, 1.82) is 0 Å². The average Bonchev–Trinajstić information content (AvgIpc) is 2.57. The van der Waals surface area contributed by atoms with Crippen LogP contribution in [0.5, 0.6) is 0 Å². The molecule has 0 radical (unpaired) electrons. The van der Waals surface area contributed by atoms with Crippen LogP contribution in [-0.4, -0.2) is 32.2 Å². The maximum Gasteiger partial charge on any atom is 0.127 e. The molecule has 1 aliphatic heterocycles. The van der Waals surface area contributed by atoms with Crippen molar-refractivity contribution in [1.82, 2.24) is 0 Å². The Bertz CT molecular complexity index is 559. The number of benzene rings is 1. The van der Waals surface area contributed by atoms with Crippen LogP contribution >= 0.6 is 0 Å². The van der Waals surface area contributed by atoms with Crippen LogP contribution in [0.25, 0.3) is 0 Å². The maximum absolute atomic E-state index is 2.33. The number of aryl methyl sites for hydroxylation is 1. The van der Waals surface area contributed by atoms with E-state index in [-0.39, 0.29) is 0 Å². The number of rotatable bonds is 3. The number of hydrogen-bond acceptors (Lipinski definition) is 0. The molecule has 1 aromatic rings. The van der Waals surface area contributed by atoms with E-state index in [1.54, 1.807) is 37.7 Å². The first-order valence-electron chi connectivity index (χ1n) is 10.5. The lowest BCUT2D eigenvalue weighted by Crippen LogP contribution is -3.30. The van der Waals surface area contributed by atoms with Crippen molar-refractivity contribution in [2.45, 2.75) is 51.6 Å². The van der Waals surface area contributed by atoms with Crippen molar-refractivity contribution >= 4 is 0 Å². The van der Waals surface area contributed by atoms with Gasteiger partial charge in [-0.2, -0.15) is 0 Å². The Labute approximate surface area is 147 Å². The second-order valence-electron chi connectivity index (χ2n) is 9.47. The summed E-state index contributed by atoms with van der Waals surface area (Å²) in [4.78, 5) is 3.81. The minimum Gasteiger partial charge on any atom is -0.323 e. The zero-order valence-corrected chi connectivity index (χ0v) is 15.3. The zero-order chi connectivity index (χ0) is 16.1. The van der Waals surface area contributed by atoms with E-state index in [4.69, 9.17) is 0 Å². The summed E-state index contributed by atoms with van der Waals surface area (Å²) < 4.78 is 0. The van der Waals surface area contributed by atoms with E-state index in [9.17, 15) is 0 Å². The van der Waals surface area contributed by atoms with Gasteiger partial charge in [0.05, 0.1) is 6.04 Å². The van der Waals surface area contributed by atoms with Gasteiger partial charge in [0, 0.05) is 17.4 Å². The molecule has 2 heteroatoms. The van der Waals surface area contributed by atoms with E-state index >= 15 is 0 Å². The lowest BCUT2D eigenvalue weighted by Gasteiger charge is -2.55. The van der Waals surface area contributed by atoms with Crippen LogP contribution in [0.4, 0.5) is 0 Å². The summed E-state index contributed by atoms with van der Waals surface area (Å²) >= 11 is 0. The van der Waals surface area contributed by atoms with Crippen LogP contribution in [-0.2, 0) is 6.54 Å². The molecule has 4 bridgehead atoms. The van der Waals surface area contributed by atoms with Gasteiger partial charge in [-0.1, -0.05) is 24.3 Å². The lowest BCUT2D eigenvalue weighted by atomic mass is 9.54. The van der Waals surface area contributed by atoms with Gasteiger partial charge in [-0.3, -0.25) is 0 Å². The molecule has 0 amide bonds. The molecule has 5 fully saturated rings. The fourth-order valence-corrected chi connectivity index (χ4v) is 7.10. The van der Waals surface area contributed by atoms with Gasteiger partial charge in [0.25, 0.3) is 0 Å². The van der Waals surface area contributed by atoms with E-state index in [0.29, 0.717) is 0 Å². The Morgan fingerprint density at radius 1 is 0.833 bits per heavy atom. The predicted octanol–water partition coefficient (Wildman–Crippen LogP) is 1.10. The summed E-state index contributed by atoms with van der Waals surface area (Å²) in [5.74, 6) is 4.43. The van der Waals surface area contributed by atoms with E-state index < -0.39 is 0 Å². The van der Waals surface area contributed by atoms with Gasteiger partial charge in [0.2, 0.25) is 0 Å². The minimum atomic E-state index is 1.04. The monoisotopic (exact) mass is 326 g/mol. The summed E-state index contributed by atoms with van der Waals surface area (Å²) in [5.41, 5.74) is 3.03. The van der Waals surface area contributed by atoms with E-state index in [1.165, 1.54) is 38.3 Å². The molecule has 1 saturated heterocycles. The second kappa shape index (κ2) is 6.14. The Hall–Kier alpha value is -0.860. The van der Waals surface area contributed by atoms with Crippen molar-refractivity contribution in [3.05, 3.63) is 35.4 Å². The molecule has 2 N–H and O–H groups in total. The van der Waals surface area contributed by atoms with E-state index in [1.807, 2.05) is 9.80 Å². The average molecular weight is 327 g/mol. The van der Waals surface area contributed by atoms with Crippen molar-refractivity contribution < 1.29 is 9.80 Å². The van der Waals surface area contributed by atoms with Gasteiger partial charge >= 0.3 is 0 Å². The molecule has 1 heterocycles. The fourth-order valence-electron chi connectivity index (χ4n) is 7.10. The standard InChI is InChI=1S/C22H32N2/c1-16-4-2-3-5-19(16)15-23-6-8-24(9-7-23)22-20-11-17-10-18(13-20)14-21(22)12-17/h2-5,17-18,20-22H,6-15H2,1H3/p+2. The first-order valence-corrected chi connectivity index (χ1v) is 10.5. The highest BCUT2D eigenvalue weighted by Crippen LogP contribution is 2.52. The molecule has 2 nitrogen and oxygen atoms in total. The molecule has 0 spiro atoms. The largest absolute Gasteiger partial charge is 0.323 e. The molecular weight excluding hydrogens is 292 g/mol. The minimum absolute atomic E-state index is 1.04. The summed E-state index contributed by atoms with van der Waals surface area (Å²) in [6, 6.07) is 10.0. The molecular formula is C22H34N2+2. The SMILES string of the molecule is Cc1ccccc1C[NH+]1CC[NH+](C2C3CC4CC(C3)CC2C4)CC1. The highest BCUT2D eigenvalue weighted by Gasteiger charge is 2.52.